The third kappa shape index (κ3) is 3.36. The van der Waals surface area contributed by atoms with Gasteiger partial charge in [-0.25, -0.2) is 0 Å². The van der Waals surface area contributed by atoms with Crippen molar-refractivity contribution in [3.63, 3.8) is 0 Å². The Hall–Kier alpha value is -1.54. The second kappa shape index (κ2) is 6.57. The van der Waals surface area contributed by atoms with Crippen molar-refractivity contribution in [3.8, 4) is 0 Å². The Labute approximate surface area is 151 Å². The van der Waals surface area contributed by atoms with Gasteiger partial charge in [0.25, 0.3) is 0 Å². The van der Waals surface area contributed by atoms with Crippen molar-refractivity contribution in [3.05, 3.63) is 28.8 Å². The summed E-state index contributed by atoms with van der Waals surface area (Å²) in [4.78, 5) is 12.4. The maximum atomic E-state index is 12.7. The van der Waals surface area contributed by atoms with Gasteiger partial charge in [-0.1, -0.05) is 19.1 Å². The second-order valence-electron chi connectivity index (χ2n) is 7.43. The molecule has 0 bridgehead atoms. The van der Waals surface area contributed by atoms with Gasteiger partial charge in [-0.3, -0.25) is 4.79 Å². The van der Waals surface area contributed by atoms with Gasteiger partial charge in [-0.15, -0.1) is 0 Å². The summed E-state index contributed by atoms with van der Waals surface area (Å²) in [7, 11) is -0.477. The molecule has 1 amide bonds. The fourth-order valence-corrected chi connectivity index (χ4v) is 3.63. The van der Waals surface area contributed by atoms with Gasteiger partial charge in [0.2, 0.25) is 0 Å². The smallest absolute Gasteiger partial charge is 0.402 e. The molecule has 8 heteroatoms. The van der Waals surface area contributed by atoms with Crippen LogP contribution in [0, 0.1) is 0 Å². The van der Waals surface area contributed by atoms with Gasteiger partial charge in [0.1, 0.15) is 0 Å². The normalized spacial score (nSPS) is 22.5. The van der Waals surface area contributed by atoms with E-state index in [0.29, 0.717) is 6.42 Å². The minimum absolute atomic E-state index is 0.0186. The second-order valence-corrected chi connectivity index (χ2v) is 7.43. The summed E-state index contributed by atoms with van der Waals surface area (Å²) in [5.41, 5.74) is 3.36. The summed E-state index contributed by atoms with van der Waals surface area (Å²) in [6.45, 7) is 7.97. The van der Waals surface area contributed by atoms with Crippen LogP contribution in [0.3, 0.4) is 0 Å². The summed E-state index contributed by atoms with van der Waals surface area (Å²) < 4.78 is 50.1. The standard InChI is InChI=1S/C18H23BF3NO3/c1-5-13-14-8-9-23(16(24)18(20,21)22)10-12(14)6-7-15(13)19-25-11(2)17(3,4)26-19/h6-7,11H,5,8-10H2,1-4H3. The molecule has 1 unspecified atom stereocenters. The number of rotatable bonds is 2. The minimum Gasteiger partial charge on any atom is -0.402 e. The molecule has 1 aromatic carbocycles. The number of hydrogen-bond acceptors (Lipinski definition) is 3. The van der Waals surface area contributed by atoms with Crippen LogP contribution in [0.4, 0.5) is 13.2 Å². The average molecular weight is 369 g/mol. The summed E-state index contributed by atoms with van der Waals surface area (Å²) >= 11 is 0. The predicted octanol–water partition coefficient (Wildman–Crippen LogP) is 2.61. The van der Waals surface area contributed by atoms with E-state index in [4.69, 9.17) is 9.31 Å². The molecule has 0 aromatic heterocycles. The predicted molar refractivity (Wildman–Crippen MR) is 92.1 cm³/mol. The molecule has 2 heterocycles. The third-order valence-corrected chi connectivity index (χ3v) is 5.41. The first kappa shape index (κ1) is 19.2. The minimum atomic E-state index is -4.84. The number of hydrogen-bond donors (Lipinski definition) is 0. The Balaban J connectivity index is 1.89. The highest BCUT2D eigenvalue weighted by molar-refractivity contribution is 6.62. The Morgan fingerprint density at radius 2 is 2.08 bits per heavy atom. The lowest BCUT2D eigenvalue weighted by atomic mass is 9.72. The zero-order valence-electron chi connectivity index (χ0n) is 15.4. The first-order chi connectivity index (χ1) is 12.0. The van der Waals surface area contributed by atoms with Crippen LogP contribution >= 0.6 is 0 Å². The van der Waals surface area contributed by atoms with Crippen molar-refractivity contribution >= 4 is 18.5 Å². The molecule has 1 saturated heterocycles. The Morgan fingerprint density at radius 1 is 1.38 bits per heavy atom. The molecule has 4 nitrogen and oxygen atoms in total. The van der Waals surface area contributed by atoms with Gasteiger partial charge in [-0.2, -0.15) is 13.2 Å². The van der Waals surface area contributed by atoms with E-state index in [0.717, 1.165) is 33.5 Å². The molecule has 1 fully saturated rings. The Bertz CT molecular complexity index is 720. The monoisotopic (exact) mass is 369 g/mol. The number of alkyl halides is 3. The maximum Gasteiger partial charge on any atom is 0.494 e. The number of nitrogens with zero attached hydrogens (tertiary/aromatic N) is 1. The fraction of sp³-hybridized carbons (Fsp3) is 0.611. The molecule has 142 valence electrons. The molecular formula is C18H23BF3NO3. The van der Waals surface area contributed by atoms with E-state index in [9.17, 15) is 18.0 Å². The van der Waals surface area contributed by atoms with Crippen molar-refractivity contribution in [1.29, 1.82) is 0 Å². The summed E-state index contributed by atoms with van der Waals surface area (Å²) in [5, 5.41) is 0. The van der Waals surface area contributed by atoms with E-state index >= 15 is 0 Å². The number of fused-ring (bicyclic) bond motifs is 1. The van der Waals surface area contributed by atoms with Gasteiger partial charge < -0.3 is 14.2 Å². The Kier molecular flexibility index (Phi) is 4.86. The van der Waals surface area contributed by atoms with E-state index in [1.165, 1.54) is 0 Å². The van der Waals surface area contributed by atoms with Crippen LogP contribution in [0.5, 0.6) is 0 Å². The lowest BCUT2D eigenvalue weighted by Gasteiger charge is -2.31. The van der Waals surface area contributed by atoms with Crippen LogP contribution < -0.4 is 5.46 Å². The van der Waals surface area contributed by atoms with Crippen LogP contribution in [0.2, 0.25) is 0 Å². The molecule has 1 aromatic rings. The van der Waals surface area contributed by atoms with Crippen molar-refractivity contribution in [2.45, 2.75) is 65.0 Å². The van der Waals surface area contributed by atoms with E-state index in [-0.39, 0.29) is 19.2 Å². The first-order valence-electron chi connectivity index (χ1n) is 8.87. The molecule has 0 radical (unpaired) electrons. The third-order valence-electron chi connectivity index (χ3n) is 5.41. The zero-order chi connectivity index (χ0) is 19.3. The molecular weight excluding hydrogens is 346 g/mol. The molecule has 2 aliphatic rings. The van der Waals surface area contributed by atoms with E-state index < -0.39 is 24.8 Å². The fourth-order valence-electron chi connectivity index (χ4n) is 3.63. The van der Waals surface area contributed by atoms with Crippen LogP contribution in [-0.2, 0) is 33.5 Å². The number of carbonyl (C=O) groups excluding carboxylic acids is 1. The lowest BCUT2D eigenvalue weighted by molar-refractivity contribution is -0.186. The summed E-state index contributed by atoms with van der Waals surface area (Å²) in [6.07, 6.45) is -3.77. The molecule has 0 aliphatic carbocycles. The number of benzene rings is 1. The molecule has 0 N–H and O–H groups in total. The van der Waals surface area contributed by atoms with E-state index in [1.54, 1.807) is 6.07 Å². The molecule has 26 heavy (non-hydrogen) atoms. The zero-order valence-corrected chi connectivity index (χ0v) is 15.4. The summed E-state index contributed by atoms with van der Waals surface area (Å²) in [6, 6.07) is 3.65. The van der Waals surface area contributed by atoms with E-state index in [2.05, 4.69) is 0 Å². The number of halogens is 3. The highest BCUT2D eigenvalue weighted by Crippen LogP contribution is 2.30. The number of amides is 1. The highest BCUT2D eigenvalue weighted by Gasteiger charge is 2.46. The highest BCUT2D eigenvalue weighted by atomic mass is 19.4. The van der Waals surface area contributed by atoms with Crippen LogP contribution in [-0.4, -0.2) is 42.4 Å². The van der Waals surface area contributed by atoms with Crippen LogP contribution in [0.25, 0.3) is 0 Å². The van der Waals surface area contributed by atoms with Gasteiger partial charge in [0, 0.05) is 13.1 Å². The lowest BCUT2D eigenvalue weighted by Crippen LogP contribution is -2.45. The van der Waals surface area contributed by atoms with Crippen LogP contribution in [0.15, 0.2) is 12.1 Å². The van der Waals surface area contributed by atoms with Crippen molar-refractivity contribution in [1.82, 2.24) is 4.90 Å². The molecule has 2 aliphatic heterocycles. The average Bonchev–Trinajstić information content (AvgIpc) is 2.84. The molecule has 3 rings (SSSR count). The van der Waals surface area contributed by atoms with Crippen molar-refractivity contribution < 1.29 is 27.3 Å². The maximum absolute atomic E-state index is 12.7. The Morgan fingerprint density at radius 3 is 2.62 bits per heavy atom. The largest absolute Gasteiger partial charge is 0.494 e. The van der Waals surface area contributed by atoms with Gasteiger partial charge in [0.05, 0.1) is 11.7 Å². The van der Waals surface area contributed by atoms with Crippen molar-refractivity contribution in [2.75, 3.05) is 6.54 Å². The SMILES string of the molecule is CCc1c(B2OC(C)C(C)(C)O2)ccc2c1CCN(C(=O)C(F)(F)F)C2. The van der Waals surface area contributed by atoms with Gasteiger partial charge in [-0.05, 0) is 55.8 Å². The first-order valence-corrected chi connectivity index (χ1v) is 8.87. The summed E-state index contributed by atoms with van der Waals surface area (Å²) in [5.74, 6) is -1.77. The topological polar surface area (TPSA) is 38.8 Å². The molecule has 0 spiro atoms. The number of carbonyl (C=O) groups is 1. The van der Waals surface area contributed by atoms with E-state index in [1.807, 2.05) is 33.8 Å². The van der Waals surface area contributed by atoms with Crippen molar-refractivity contribution in [2.24, 2.45) is 0 Å². The molecule has 0 saturated carbocycles. The van der Waals surface area contributed by atoms with Gasteiger partial charge in [0.15, 0.2) is 0 Å². The van der Waals surface area contributed by atoms with Crippen LogP contribution in [0.1, 0.15) is 44.4 Å². The molecule has 1 atom stereocenters. The van der Waals surface area contributed by atoms with Gasteiger partial charge >= 0.3 is 19.2 Å². The quantitative estimate of drug-likeness (QED) is 0.753.